The lowest BCUT2D eigenvalue weighted by molar-refractivity contribution is 0.0724. The van der Waals surface area contributed by atoms with Gasteiger partial charge in [-0.3, -0.25) is 0 Å². The van der Waals surface area contributed by atoms with Gasteiger partial charge in [-0.1, -0.05) is 54.6 Å². The molecule has 4 aromatic carbocycles. The molecule has 0 N–H and O–H groups in total. The number of hydrogen-bond acceptors (Lipinski definition) is 4. The lowest BCUT2D eigenvalue weighted by Crippen LogP contribution is -2.11. The lowest BCUT2D eigenvalue weighted by atomic mass is 10.0. The highest BCUT2D eigenvalue weighted by Gasteiger charge is 2.15. The maximum absolute atomic E-state index is 12.7. The number of rotatable bonds is 4. The minimum atomic E-state index is -0.487. The fourth-order valence-electron chi connectivity index (χ4n) is 2.88. The molecule has 0 heterocycles. The van der Waals surface area contributed by atoms with Gasteiger partial charge in [0.2, 0.25) is 0 Å². The Hall–Kier alpha value is -3.92. The number of ether oxygens (including phenoxy) is 2. The molecule has 28 heavy (non-hydrogen) atoms. The normalized spacial score (nSPS) is 10.4. The van der Waals surface area contributed by atoms with Crippen molar-refractivity contribution in [1.29, 1.82) is 0 Å². The highest BCUT2D eigenvalue weighted by molar-refractivity contribution is 6.07. The van der Waals surface area contributed by atoms with Crippen molar-refractivity contribution in [2.45, 2.75) is 0 Å². The molecule has 0 fully saturated rings. The Balaban J connectivity index is 1.65. The van der Waals surface area contributed by atoms with E-state index in [4.69, 9.17) is 9.47 Å². The second kappa shape index (κ2) is 7.76. The first-order valence-corrected chi connectivity index (χ1v) is 8.78. The Morgan fingerprint density at radius 3 is 1.82 bits per heavy atom. The molecule has 0 aliphatic carbocycles. The number of carbonyl (C=O) groups is 2. The third kappa shape index (κ3) is 3.76. The Kier molecular flexibility index (Phi) is 4.85. The van der Waals surface area contributed by atoms with Gasteiger partial charge in [0.05, 0.1) is 11.1 Å². The van der Waals surface area contributed by atoms with E-state index in [0.717, 1.165) is 5.39 Å². The predicted octanol–water partition coefficient (Wildman–Crippen LogP) is 5.28. The molecule has 4 nitrogen and oxygen atoms in total. The summed E-state index contributed by atoms with van der Waals surface area (Å²) in [6, 6.07) is 28.2. The average Bonchev–Trinajstić information content (AvgIpc) is 2.74. The summed E-state index contributed by atoms with van der Waals surface area (Å²) in [5.41, 5.74) is 0.743. The molecule has 0 radical (unpaired) electrons. The standard InChI is InChI=1S/C24H16O4/c25-23(27-19-9-3-1-4-10-19)18-15-14-17-8-7-13-21(22(17)16-18)24(26)28-20-11-5-2-6-12-20/h1-16H. The minimum Gasteiger partial charge on any atom is -0.423 e. The second-order valence-corrected chi connectivity index (χ2v) is 6.15. The summed E-state index contributed by atoms with van der Waals surface area (Å²) in [4.78, 5) is 25.2. The van der Waals surface area contributed by atoms with Gasteiger partial charge >= 0.3 is 11.9 Å². The van der Waals surface area contributed by atoms with Gasteiger partial charge in [-0.2, -0.15) is 0 Å². The molecule has 0 spiro atoms. The van der Waals surface area contributed by atoms with E-state index in [-0.39, 0.29) is 0 Å². The van der Waals surface area contributed by atoms with Crippen LogP contribution in [-0.2, 0) is 0 Å². The van der Waals surface area contributed by atoms with Gasteiger partial charge in [-0.25, -0.2) is 9.59 Å². The summed E-state index contributed by atoms with van der Waals surface area (Å²) in [7, 11) is 0. The van der Waals surface area contributed by atoms with E-state index in [1.165, 1.54) is 0 Å². The van der Waals surface area contributed by atoms with Crippen molar-refractivity contribution in [3.63, 3.8) is 0 Å². The topological polar surface area (TPSA) is 52.6 Å². The van der Waals surface area contributed by atoms with Gasteiger partial charge in [0.25, 0.3) is 0 Å². The van der Waals surface area contributed by atoms with E-state index in [1.807, 2.05) is 18.2 Å². The summed E-state index contributed by atoms with van der Waals surface area (Å²) in [6.45, 7) is 0. The average molecular weight is 368 g/mol. The van der Waals surface area contributed by atoms with Crippen molar-refractivity contribution in [3.8, 4) is 11.5 Å². The van der Waals surface area contributed by atoms with Crippen LogP contribution in [-0.4, -0.2) is 11.9 Å². The molecule has 4 rings (SSSR count). The van der Waals surface area contributed by atoms with Gasteiger partial charge in [-0.05, 0) is 53.2 Å². The molecule has 4 heteroatoms. The fourth-order valence-corrected chi connectivity index (χ4v) is 2.88. The largest absolute Gasteiger partial charge is 0.423 e. The Morgan fingerprint density at radius 1 is 0.571 bits per heavy atom. The SMILES string of the molecule is O=C(Oc1ccccc1)c1ccc2cccc(C(=O)Oc3ccccc3)c2c1. The van der Waals surface area contributed by atoms with Crippen LogP contribution in [0, 0.1) is 0 Å². The molecule has 0 bridgehead atoms. The van der Waals surface area contributed by atoms with Crippen molar-refractivity contribution in [2.24, 2.45) is 0 Å². The first-order chi connectivity index (χ1) is 13.7. The maximum atomic E-state index is 12.7. The summed E-state index contributed by atoms with van der Waals surface area (Å²) in [5.74, 6) is -0.0433. The molecule has 0 unspecified atom stereocenters. The summed E-state index contributed by atoms with van der Waals surface area (Å²) >= 11 is 0. The quantitative estimate of drug-likeness (QED) is 0.363. The zero-order valence-electron chi connectivity index (χ0n) is 14.9. The zero-order valence-corrected chi connectivity index (χ0v) is 14.9. The second-order valence-electron chi connectivity index (χ2n) is 6.15. The third-order valence-electron chi connectivity index (χ3n) is 4.25. The molecule has 4 aromatic rings. The predicted molar refractivity (Wildman–Crippen MR) is 107 cm³/mol. The number of fused-ring (bicyclic) bond motifs is 1. The van der Waals surface area contributed by atoms with Crippen LogP contribution < -0.4 is 9.47 Å². The Labute approximate surface area is 162 Å². The molecule has 0 aliphatic rings. The maximum Gasteiger partial charge on any atom is 0.344 e. The van der Waals surface area contributed by atoms with Crippen LogP contribution >= 0.6 is 0 Å². The van der Waals surface area contributed by atoms with Crippen LogP contribution in [0.15, 0.2) is 97.1 Å². The number of carbonyl (C=O) groups excluding carboxylic acids is 2. The molecule has 0 atom stereocenters. The van der Waals surface area contributed by atoms with Crippen molar-refractivity contribution < 1.29 is 19.1 Å². The van der Waals surface area contributed by atoms with Crippen LogP contribution in [0.25, 0.3) is 10.8 Å². The number of para-hydroxylation sites is 2. The first-order valence-electron chi connectivity index (χ1n) is 8.78. The summed E-state index contributed by atoms with van der Waals surface area (Å²) < 4.78 is 10.8. The van der Waals surface area contributed by atoms with Crippen molar-refractivity contribution in [2.75, 3.05) is 0 Å². The van der Waals surface area contributed by atoms with Gasteiger partial charge < -0.3 is 9.47 Å². The number of hydrogen-bond donors (Lipinski definition) is 0. The van der Waals surface area contributed by atoms with Crippen LogP contribution in [0.3, 0.4) is 0 Å². The molecule has 0 aromatic heterocycles. The smallest absolute Gasteiger partial charge is 0.344 e. The lowest BCUT2D eigenvalue weighted by Gasteiger charge is -2.09. The molecule has 0 saturated heterocycles. The van der Waals surface area contributed by atoms with Crippen LogP contribution in [0.5, 0.6) is 11.5 Å². The van der Waals surface area contributed by atoms with Crippen LogP contribution in [0.2, 0.25) is 0 Å². The molecule has 0 aliphatic heterocycles. The monoisotopic (exact) mass is 368 g/mol. The van der Waals surface area contributed by atoms with E-state index in [2.05, 4.69) is 0 Å². The van der Waals surface area contributed by atoms with Crippen LogP contribution in [0.4, 0.5) is 0 Å². The van der Waals surface area contributed by atoms with E-state index < -0.39 is 11.9 Å². The van der Waals surface area contributed by atoms with Gasteiger partial charge in [0.15, 0.2) is 0 Å². The summed E-state index contributed by atoms with van der Waals surface area (Å²) in [6.07, 6.45) is 0. The molecular formula is C24H16O4. The van der Waals surface area contributed by atoms with E-state index >= 15 is 0 Å². The molecular weight excluding hydrogens is 352 g/mol. The Morgan fingerprint density at radius 2 is 1.18 bits per heavy atom. The fraction of sp³-hybridized carbons (Fsp3) is 0. The highest BCUT2D eigenvalue weighted by Crippen LogP contribution is 2.23. The van der Waals surface area contributed by atoms with Crippen molar-refractivity contribution >= 4 is 22.7 Å². The van der Waals surface area contributed by atoms with E-state index in [0.29, 0.717) is 28.0 Å². The summed E-state index contributed by atoms with van der Waals surface area (Å²) in [5, 5.41) is 1.46. The molecule has 136 valence electrons. The van der Waals surface area contributed by atoms with Crippen LogP contribution in [0.1, 0.15) is 20.7 Å². The van der Waals surface area contributed by atoms with Gasteiger partial charge in [-0.15, -0.1) is 0 Å². The van der Waals surface area contributed by atoms with E-state index in [9.17, 15) is 9.59 Å². The zero-order chi connectivity index (χ0) is 19.3. The molecule has 0 amide bonds. The number of benzene rings is 4. The third-order valence-corrected chi connectivity index (χ3v) is 4.25. The van der Waals surface area contributed by atoms with Gasteiger partial charge in [0, 0.05) is 0 Å². The molecule has 0 saturated carbocycles. The Bertz CT molecular complexity index is 1140. The van der Waals surface area contributed by atoms with Gasteiger partial charge in [0.1, 0.15) is 11.5 Å². The van der Waals surface area contributed by atoms with Crippen molar-refractivity contribution in [1.82, 2.24) is 0 Å². The first kappa shape index (κ1) is 17.5. The van der Waals surface area contributed by atoms with E-state index in [1.54, 1.807) is 78.9 Å². The minimum absolute atomic E-state index is 0.358. The van der Waals surface area contributed by atoms with Crippen molar-refractivity contribution in [3.05, 3.63) is 108 Å². The number of esters is 2. The highest BCUT2D eigenvalue weighted by atomic mass is 16.5.